The first-order valence-corrected chi connectivity index (χ1v) is 7.28. The quantitative estimate of drug-likeness (QED) is 0.218. The standard InChI is InChI=1S/C12H25N4O2.2H2O.O.Tc/c1-5-11(9(3)15-17)13-7-8-14-12(6-2)10(4)16-18;;;;/h11-13,17-18H,5-8H2,1-4H3;2*1H2;;/q-1;;;;+2/b15-9+,16-10+;;;;. The predicted molar refractivity (Wildman–Crippen MR) is 82.1 cm³/mol. The molecule has 0 saturated heterocycles. The van der Waals surface area contributed by atoms with Crippen LogP contribution < -0.4 is 5.32 Å². The molecule has 0 aromatic heterocycles. The summed E-state index contributed by atoms with van der Waals surface area (Å²) in [6.07, 6.45) is 1.69. The van der Waals surface area contributed by atoms with Crippen molar-refractivity contribution >= 4 is 11.4 Å². The van der Waals surface area contributed by atoms with Crippen molar-refractivity contribution in [1.29, 1.82) is 0 Å². The average molecular weight is 407 g/mol. The fourth-order valence-corrected chi connectivity index (χ4v) is 1.74. The van der Waals surface area contributed by atoms with Gasteiger partial charge >= 0.3 is 22.4 Å². The van der Waals surface area contributed by atoms with E-state index in [0.717, 1.165) is 31.7 Å². The summed E-state index contributed by atoms with van der Waals surface area (Å²) in [5, 5.41) is 31.5. The maximum absolute atomic E-state index is 8.70. The summed E-state index contributed by atoms with van der Waals surface area (Å²) in [6.45, 7) is 8.94. The Morgan fingerprint density at radius 2 is 1.59 bits per heavy atom. The Morgan fingerprint density at radius 1 is 1.09 bits per heavy atom. The van der Waals surface area contributed by atoms with E-state index in [9.17, 15) is 0 Å². The van der Waals surface area contributed by atoms with Gasteiger partial charge in [0.1, 0.15) is 0 Å². The van der Waals surface area contributed by atoms with Crippen LogP contribution >= 0.6 is 0 Å². The molecule has 10 heteroatoms. The first-order valence-electron chi connectivity index (χ1n) is 6.53. The Morgan fingerprint density at radius 3 is 1.95 bits per heavy atom. The summed E-state index contributed by atoms with van der Waals surface area (Å²) < 4.78 is 8.22. The molecule has 0 spiro atoms. The van der Waals surface area contributed by atoms with Crippen molar-refractivity contribution in [3.8, 4) is 0 Å². The molecule has 0 rings (SSSR count). The topological polar surface area (TPSA) is 171 Å². The normalized spacial score (nSPS) is 13.8. The number of oxime groups is 2. The van der Waals surface area contributed by atoms with Gasteiger partial charge in [-0.2, -0.15) is 0 Å². The van der Waals surface area contributed by atoms with Gasteiger partial charge in [-0.15, -0.1) is 11.7 Å². The maximum atomic E-state index is 8.70. The van der Waals surface area contributed by atoms with Crippen LogP contribution in [0.5, 0.6) is 0 Å². The Bertz CT molecular complexity index is 277. The molecule has 0 bridgehead atoms. The number of hydrogen-bond donors (Lipinski definition) is 3. The molecule has 0 heterocycles. The van der Waals surface area contributed by atoms with Crippen molar-refractivity contribution in [2.75, 3.05) is 13.1 Å². The van der Waals surface area contributed by atoms with Gasteiger partial charge < -0.3 is 32.0 Å². The van der Waals surface area contributed by atoms with E-state index in [1.54, 1.807) is 13.8 Å². The van der Waals surface area contributed by atoms with Crippen LogP contribution in [0, 0.1) is 0 Å². The molecule has 0 aromatic rings. The van der Waals surface area contributed by atoms with E-state index in [1.165, 1.54) is 0 Å². The minimum atomic E-state index is -0.0236. The van der Waals surface area contributed by atoms with Crippen molar-refractivity contribution in [3.63, 3.8) is 0 Å². The fourth-order valence-electron chi connectivity index (χ4n) is 1.74. The molecule has 0 aliphatic heterocycles. The molecule has 0 radical (unpaired) electrons. The van der Waals surface area contributed by atoms with Crippen molar-refractivity contribution in [2.24, 2.45) is 10.3 Å². The van der Waals surface area contributed by atoms with Gasteiger partial charge in [0, 0.05) is 11.8 Å². The molecule has 9 nitrogen and oxygen atoms in total. The van der Waals surface area contributed by atoms with E-state index in [1.807, 2.05) is 13.8 Å². The Hall–Kier alpha value is -0.771. The number of rotatable bonds is 9. The van der Waals surface area contributed by atoms with Gasteiger partial charge in [-0.3, -0.25) is 0 Å². The SMILES string of the molecule is CCC([N-]CCNC(CC)/C(C)=N/O)/C(C)=N/O.O.O.[O]=[Tc+2]. The minimum absolute atomic E-state index is 0. The molecule has 0 fully saturated rings. The third-order valence-corrected chi connectivity index (χ3v) is 2.95. The molecule has 22 heavy (non-hydrogen) atoms. The summed E-state index contributed by atoms with van der Waals surface area (Å²) in [7, 11) is 0. The van der Waals surface area contributed by atoms with Crippen LogP contribution in [-0.4, -0.2) is 58.0 Å². The Kier molecular flexibility index (Phi) is 26.9. The van der Waals surface area contributed by atoms with Crippen LogP contribution in [0.1, 0.15) is 40.5 Å². The van der Waals surface area contributed by atoms with Crippen LogP contribution in [0.3, 0.4) is 0 Å². The molecule has 0 amide bonds. The second-order valence-electron chi connectivity index (χ2n) is 4.23. The number of nitrogens with zero attached hydrogens (tertiary/aromatic N) is 3. The van der Waals surface area contributed by atoms with Crippen molar-refractivity contribution < 1.29 is 43.7 Å². The van der Waals surface area contributed by atoms with Crippen LogP contribution in [0.2, 0.25) is 0 Å². The van der Waals surface area contributed by atoms with Gasteiger partial charge in [0.15, 0.2) is 0 Å². The molecule has 0 aliphatic carbocycles. The fraction of sp³-hybridized carbons (Fsp3) is 0.833. The van der Waals surface area contributed by atoms with E-state index in [-0.39, 0.29) is 23.0 Å². The van der Waals surface area contributed by atoms with Gasteiger partial charge in [-0.25, -0.2) is 0 Å². The average Bonchev–Trinajstić information content (AvgIpc) is 2.51. The molecule has 2 unspecified atom stereocenters. The summed E-state index contributed by atoms with van der Waals surface area (Å²) >= 11 is 0.900. The predicted octanol–water partition coefficient (Wildman–Crippen LogP) is 0.436. The molecule has 0 aromatic carbocycles. The number of hydrogen-bond acceptors (Lipinski definition) is 6. The van der Waals surface area contributed by atoms with E-state index < -0.39 is 0 Å². The number of nitrogens with one attached hydrogen (secondary N) is 1. The molecule has 0 saturated carbocycles. The zero-order valence-electron chi connectivity index (χ0n) is 13.5. The van der Waals surface area contributed by atoms with E-state index in [4.69, 9.17) is 13.9 Å². The van der Waals surface area contributed by atoms with Gasteiger partial charge in [-0.1, -0.05) is 31.5 Å². The molecular formula is C12H29N4O5Tc+. The van der Waals surface area contributed by atoms with Crippen molar-refractivity contribution in [2.45, 2.75) is 52.6 Å². The van der Waals surface area contributed by atoms with E-state index in [2.05, 4.69) is 20.9 Å². The monoisotopic (exact) mass is 406 g/mol. The van der Waals surface area contributed by atoms with Crippen LogP contribution in [0.15, 0.2) is 10.3 Å². The Balaban J connectivity index is -0.000000387. The zero-order valence-corrected chi connectivity index (χ0v) is 15.4. The summed E-state index contributed by atoms with van der Waals surface area (Å²) in [4.78, 5) is 0. The third kappa shape index (κ3) is 12.9. The van der Waals surface area contributed by atoms with Gasteiger partial charge in [-0.05, 0) is 26.8 Å². The van der Waals surface area contributed by atoms with Crippen LogP contribution in [-0.2, 0) is 22.4 Å². The molecular weight excluding hydrogens is 378 g/mol. The van der Waals surface area contributed by atoms with E-state index >= 15 is 0 Å². The summed E-state index contributed by atoms with van der Waals surface area (Å²) in [6, 6.07) is 0.0577. The van der Waals surface area contributed by atoms with Gasteiger partial charge in [0.2, 0.25) is 0 Å². The van der Waals surface area contributed by atoms with E-state index in [0.29, 0.717) is 24.5 Å². The third-order valence-electron chi connectivity index (χ3n) is 2.95. The summed E-state index contributed by atoms with van der Waals surface area (Å²) in [5.74, 6) is 0. The second-order valence-corrected chi connectivity index (χ2v) is 4.23. The zero-order chi connectivity index (χ0) is 16.0. The second kappa shape index (κ2) is 20.2. The first-order chi connectivity index (χ1) is 9.60. The molecule has 0 aliphatic rings. The Labute approximate surface area is 142 Å². The van der Waals surface area contributed by atoms with Gasteiger partial charge in [0.25, 0.3) is 0 Å². The molecule has 2 atom stereocenters. The summed E-state index contributed by atoms with van der Waals surface area (Å²) in [5.41, 5.74) is 1.32. The van der Waals surface area contributed by atoms with Crippen LogP contribution in [0.25, 0.3) is 5.32 Å². The van der Waals surface area contributed by atoms with Crippen molar-refractivity contribution in [3.05, 3.63) is 5.32 Å². The van der Waals surface area contributed by atoms with Crippen molar-refractivity contribution in [1.82, 2.24) is 5.32 Å². The molecule has 7 N–H and O–H groups in total. The molecule has 133 valence electrons. The van der Waals surface area contributed by atoms with Gasteiger partial charge in [0.05, 0.1) is 5.71 Å². The van der Waals surface area contributed by atoms with Crippen LogP contribution in [0.4, 0.5) is 0 Å². The first kappa shape index (κ1) is 29.3.